The normalized spacial score (nSPS) is 25.6. The van der Waals surface area contributed by atoms with Gasteiger partial charge in [0.2, 0.25) is 0 Å². The summed E-state index contributed by atoms with van der Waals surface area (Å²) in [5.41, 5.74) is 0.988. The number of ketones is 1. The standard InChI is InChI=1S/C16H16ClNO2S.C10H16O4S/c1-20-16(19)15(12-4-2-3-5-13(12)17)18-8-6-14-11(10-18)7-9-21-14;1-9(2)7-3-4-10(9,8(11)5-7)6-15(12,13)14/h2-5,7,9,15H,6,8,10H2,1H3;7H,3-6H2,1-2H3,(H,12,13,14)/t;7-,10-/m.0/s1. The molecule has 1 aliphatic heterocycles. The molecule has 196 valence electrons. The maximum absolute atomic E-state index is 12.3. The smallest absolute Gasteiger partial charge is 0.327 e. The summed E-state index contributed by atoms with van der Waals surface area (Å²) in [6, 6.07) is 9.16. The topological polar surface area (TPSA) is 101 Å². The lowest BCUT2D eigenvalue weighted by Crippen LogP contribution is -2.42. The number of ether oxygens (including phenoxy) is 1. The van der Waals surface area contributed by atoms with Crippen molar-refractivity contribution < 1.29 is 27.3 Å². The van der Waals surface area contributed by atoms with Gasteiger partial charge in [0.15, 0.2) is 0 Å². The maximum Gasteiger partial charge on any atom is 0.327 e. The predicted molar refractivity (Wildman–Crippen MR) is 140 cm³/mol. The third-order valence-electron chi connectivity index (χ3n) is 8.39. The first-order valence-electron chi connectivity index (χ1n) is 12.0. The minimum absolute atomic E-state index is 0.0152. The molecule has 7 nitrogen and oxygen atoms in total. The van der Waals surface area contributed by atoms with Crippen LogP contribution in [0.1, 0.15) is 55.2 Å². The molecule has 1 unspecified atom stereocenters. The van der Waals surface area contributed by atoms with Gasteiger partial charge in [-0.25, -0.2) is 4.79 Å². The van der Waals surface area contributed by atoms with Crippen LogP contribution in [-0.4, -0.2) is 49.0 Å². The first-order chi connectivity index (χ1) is 16.9. The average Bonchev–Trinajstić information content (AvgIpc) is 3.42. The zero-order valence-electron chi connectivity index (χ0n) is 20.7. The average molecular weight is 554 g/mol. The van der Waals surface area contributed by atoms with Gasteiger partial charge in [0.25, 0.3) is 10.1 Å². The number of benzene rings is 1. The van der Waals surface area contributed by atoms with Crippen LogP contribution in [0.5, 0.6) is 0 Å². The molecule has 2 bridgehead atoms. The van der Waals surface area contributed by atoms with Crippen molar-refractivity contribution in [2.24, 2.45) is 16.7 Å². The van der Waals surface area contributed by atoms with Crippen LogP contribution in [0.4, 0.5) is 0 Å². The summed E-state index contributed by atoms with van der Waals surface area (Å²) in [6.45, 7) is 5.48. The number of hydrogen-bond donors (Lipinski definition) is 1. The molecule has 1 N–H and O–H groups in total. The third-order valence-corrected chi connectivity index (χ3v) is 10.6. The Balaban J connectivity index is 0.000000179. The van der Waals surface area contributed by atoms with E-state index in [0.29, 0.717) is 17.9 Å². The molecule has 10 heteroatoms. The van der Waals surface area contributed by atoms with Crippen molar-refractivity contribution in [1.82, 2.24) is 4.90 Å². The quantitative estimate of drug-likeness (QED) is 0.413. The monoisotopic (exact) mass is 553 g/mol. The molecule has 0 spiro atoms. The zero-order chi connectivity index (χ0) is 26.3. The molecule has 2 aliphatic carbocycles. The van der Waals surface area contributed by atoms with Crippen LogP contribution in [0, 0.1) is 16.7 Å². The fourth-order valence-corrected chi connectivity index (χ4v) is 8.62. The Labute approximate surface area is 221 Å². The molecule has 2 fully saturated rings. The molecule has 0 saturated heterocycles. The van der Waals surface area contributed by atoms with Crippen molar-refractivity contribution in [3.63, 3.8) is 0 Å². The Bertz CT molecular complexity index is 1260. The number of hydrogen-bond acceptors (Lipinski definition) is 7. The first-order valence-corrected chi connectivity index (χ1v) is 14.9. The van der Waals surface area contributed by atoms with Crippen LogP contribution in [0.2, 0.25) is 5.02 Å². The van der Waals surface area contributed by atoms with E-state index in [9.17, 15) is 18.0 Å². The lowest BCUT2D eigenvalue weighted by molar-refractivity contribution is -0.147. The van der Waals surface area contributed by atoms with Crippen LogP contribution in [0.3, 0.4) is 0 Å². The Kier molecular flexibility index (Phi) is 7.70. The molecular formula is C26H32ClNO6S2. The molecule has 2 saturated carbocycles. The van der Waals surface area contributed by atoms with E-state index in [-0.39, 0.29) is 23.1 Å². The maximum atomic E-state index is 12.3. The summed E-state index contributed by atoms with van der Waals surface area (Å²) >= 11 is 8.07. The molecular weight excluding hydrogens is 522 g/mol. The molecule has 36 heavy (non-hydrogen) atoms. The second-order valence-corrected chi connectivity index (χ2v) is 13.3. The van der Waals surface area contributed by atoms with Crippen molar-refractivity contribution >= 4 is 44.8 Å². The number of halogens is 1. The van der Waals surface area contributed by atoms with E-state index < -0.39 is 27.3 Å². The molecule has 2 heterocycles. The Morgan fingerprint density at radius 3 is 2.61 bits per heavy atom. The van der Waals surface area contributed by atoms with Crippen LogP contribution >= 0.6 is 22.9 Å². The highest BCUT2D eigenvalue weighted by Crippen LogP contribution is 2.64. The van der Waals surface area contributed by atoms with E-state index >= 15 is 0 Å². The molecule has 3 aliphatic rings. The van der Waals surface area contributed by atoms with Gasteiger partial charge in [0.05, 0.1) is 18.3 Å². The highest BCUT2D eigenvalue weighted by molar-refractivity contribution is 7.85. The minimum atomic E-state index is -4.08. The minimum Gasteiger partial charge on any atom is -0.468 e. The molecule has 0 radical (unpaired) electrons. The number of thiophene rings is 1. The SMILES string of the molecule is CC1(C)[C@H]2CC[C@]1(CS(=O)(=O)O)C(=O)C2.COC(=O)C(c1ccccc1Cl)N1CCc2sccc2C1. The molecule has 5 rings (SSSR count). The summed E-state index contributed by atoms with van der Waals surface area (Å²) in [5, 5.41) is 2.71. The first kappa shape index (κ1) is 27.3. The summed E-state index contributed by atoms with van der Waals surface area (Å²) in [5.74, 6) is -0.364. The van der Waals surface area contributed by atoms with Gasteiger partial charge < -0.3 is 4.74 Å². The van der Waals surface area contributed by atoms with Crippen molar-refractivity contribution in [3.8, 4) is 0 Å². The zero-order valence-corrected chi connectivity index (χ0v) is 23.1. The second-order valence-electron chi connectivity index (χ2n) is 10.4. The second kappa shape index (κ2) is 10.2. The van der Waals surface area contributed by atoms with Crippen molar-refractivity contribution in [1.29, 1.82) is 0 Å². The number of rotatable bonds is 5. The summed E-state index contributed by atoms with van der Waals surface area (Å²) in [7, 11) is -2.65. The van der Waals surface area contributed by atoms with Gasteiger partial charge in [-0.3, -0.25) is 14.2 Å². The van der Waals surface area contributed by atoms with Crippen molar-refractivity contribution in [2.75, 3.05) is 19.4 Å². The molecule has 1 aromatic heterocycles. The predicted octanol–water partition coefficient (Wildman–Crippen LogP) is 4.94. The van der Waals surface area contributed by atoms with Crippen molar-refractivity contribution in [2.45, 2.75) is 52.1 Å². The Hall–Kier alpha value is -1.78. The van der Waals surface area contributed by atoms with Crippen LogP contribution in [0.25, 0.3) is 0 Å². The van der Waals surface area contributed by atoms with Gasteiger partial charge in [-0.1, -0.05) is 43.6 Å². The number of nitrogens with zero attached hydrogens (tertiary/aromatic N) is 1. The lowest BCUT2D eigenvalue weighted by atomic mass is 9.70. The van der Waals surface area contributed by atoms with E-state index in [1.54, 1.807) is 11.3 Å². The Morgan fingerprint density at radius 2 is 2.03 bits per heavy atom. The van der Waals surface area contributed by atoms with E-state index in [2.05, 4.69) is 16.3 Å². The number of fused-ring (bicyclic) bond motifs is 3. The highest BCUT2D eigenvalue weighted by Gasteiger charge is 2.65. The molecule has 3 atom stereocenters. The van der Waals surface area contributed by atoms with Crippen LogP contribution < -0.4 is 0 Å². The Morgan fingerprint density at radius 1 is 1.31 bits per heavy atom. The highest BCUT2D eigenvalue weighted by atomic mass is 35.5. The third kappa shape index (κ3) is 5.00. The lowest BCUT2D eigenvalue weighted by Gasteiger charge is -2.35. The van der Waals surface area contributed by atoms with E-state index in [4.69, 9.17) is 20.9 Å². The van der Waals surface area contributed by atoms with Crippen molar-refractivity contribution in [3.05, 3.63) is 56.7 Å². The van der Waals surface area contributed by atoms with Crippen LogP contribution in [0.15, 0.2) is 35.7 Å². The van der Waals surface area contributed by atoms with Gasteiger partial charge in [0, 0.05) is 29.4 Å². The summed E-state index contributed by atoms with van der Waals surface area (Å²) < 4.78 is 36.0. The number of esters is 1. The number of carbonyl (C=O) groups excluding carboxylic acids is 2. The number of carbonyl (C=O) groups is 2. The van der Waals surface area contributed by atoms with Gasteiger partial charge >= 0.3 is 5.97 Å². The van der Waals surface area contributed by atoms with Gasteiger partial charge in [-0.2, -0.15) is 8.42 Å². The van der Waals surface area contributed by atoms with E-state index in [1.165, 1.54) is 17.6 Å². The largest absolute Gasteiger partial charge is 0.468 e. The van der Waals surface area contributed by atoms with E-state index in [0.717, 1.165) is 31.5 Å². The number of methoxy groups -OCH3 is 1. The fraction of sp³-hybridized carbons (Fsp3) is 0.538. The van der Waals surface area contributed by atoms with E-state index in [1.807, 2.05) is 38.1 Å². The molecule has 2 aromatic rings. The molecule has 1 aromatic carbocycles. The van der Waals surface area contributed by atoms with Gasteiger partial charge in [-0.15, -0.1) is 11.3 Å². The summed E-state index contributed by atoms with van der Waals surface area (Å²) in [6.07, 6.45) is 2.94. The fourth-order valence-electron chi connectivity index (χ4n) is 6.19. The number of Topliss-reactive ketones (excluding diaryl/α,β-unsaturated/α-hetero) is 1. The van der Waals surface area contributed by atoms with Crippen LogP contribution in [-0.2, 0) is 37.4 Å². The summed E-state index contributed by atoms with van der Waals surface area (Å²) in [4.78, 5) is 27.7. The molecule has 0 amide bonds. The van der Waals surface area contributed by atoms with Gasteiger partial charge in [-0.05, 0) is 59.2 Å². The van der Waals surface area contributed by atoms with Gasteiger partial charge in [0.1, 0.15) is 11.8 Å².